The highest BCUT2D eigenvalue weighted by molar-refractivity contribution is 5.93. The molecule has 1 N–H and O–H groups in total. The number of β-amino-alcohol motifs (C(OH)–C–C–N with tert-alkyl or cyclic N) is 1. The number of carbonyl (C=O) groups is 1. The van der Waals surface area contributed by atoms with Crippen LogP contribution in [0.25, 0.3) is 5.65 Å². The Hall–Kier alpha value is -2.80. The standard InChI is InChI=1S/C18H15F2N3O2/c19-11-4-5-14(20)13(8-11)16-9-12(24)10-23(16)18(25)15-2-1-3-17-21-6-7-22(15)17/h1-8,12,16,24H,9-10H2/t12-,16+/m1/s1. The number of carbonyl (C=O) groups excluding carboxylic acids is 1. The molecule has 1 amide bonds. The molecular formula is C18H15F2N3O2. The van der Waals surface area contributed by atoms with Crippen LogP contribution in [0.5, 0.6) is 0 Å². The summed E-state index contributed by atoms with van der Waals surface area (Å²) in [6.45, 7) is 0.0601. The van der Waals surface area contributed by atoms with Gasteiger partial charge in [-0.15, -0.1) is 0 Å². The van der Waals surface area contributed by atoms with Gasteiger partial charge in [0.25, 0.3) is 5.91 Å². The van der Waals surface area contributed by atoms with E-state index in [9.17, 15) is 18.7 Å². The molecule has 0 bridgehead atoms. The van der Waals surface area contributed by atoms with Gasteiger partial charge in [0, 0.05) is 24.5 Å². The van der Waals surface area contributed by atoms with E-state index in [0.29, 0.717) is 11.3 Å². The first-order valence-electron chi connectivity index (χ1n) is 7.90. The number of imidazole rings is 1. The molecule has 2 atom stereocenters. The largest absolute Gasteiger partial charge is 0.391 e. The average molecular weight is 343 g/mol. The van der Waals surface area contributed by atoms with Crippen molar-refractivity contribution in [3.8, 4) is 0 Å². The minimum atomic E-state index is -0.793. The van der Waals surface area contributed by atoms with Crippen LogP contribution in [0.2, 0.25) is 0 Å². The predicted molar refractivity (Wildman–Crippen MR) is 86.0 cm³/mol. The van der Waals surface area contributed by atoms with E-state index in [4.69, 9.17) is 0 Å². The summed E-state index contributed by atoms with van der Waals surface area (Å²) in [6.07, 6.45) is 2.60. The molecule has 3 heterocycles. The maximum absolute atomic E-state index is 14.2. The predicted octanol–water partition coefficient (Wildman–Crippen LogP) is 2.56. The highest BCUT2D eigenvalue weighted by Gasteiger charge is 2.37. The summed E-state index contributed by atoms with van der Waals surface area (Å²) in [4.78, 5) is 18.6. The lowest BCUT2D eigenvalue weighted by molar-refractivity contribution is 0.0706. The minimum Gasteiger partial charge on any atom is -0.391 e. The van der Waals surface area contributed by atoms with Gasteiger partial charge in [-0.3, -0.25) is 9.20 Å². The number of benzene rings is 1. The zero-order chi connectivity index (χ0) is 17.6. The van der Waals surface area contributed by atoms with Crippen molar-refractivity contribution >= 4 is 11.6 Å². The SMILES string of the molecule is O=C(c1cccc2nccn12)N1C[C@H](O)C[C@H]1c1cc(F)ccc1F. The van der Waals surface area contributed by atoms with Crippen LogP contribution in [0, 0.1) is 11.6 Å². The van der Waals surface area contributed by atoms with Gasteiger partial charge in [-0.1, -0.05) is 6.07 Å². The lowest BCUT2D eigenvalue weighted by Gasteiger charge is -2.25. The van der Waals surface area contributed by atoms with E-state index in [1.165, 1.54) is 4.90 Å². The van der Waals surface area contributed by atoms with Gasteiger partial charge in [0.2, 0.25) is 0 Å². The Balaban J connectivity index is 1.76. The van der Waals surface area contributed by atoms with Crippen molar-refractivity contribution in [1.82, 2.24) is 14.3 Å². The second-order valence-electron chi connectivity index (χ2n) is 6.10. The van der Waals surface area contributed by atoms with E-state index in [0.717, 1.165) is 18.2 Å². The molecule has 0 aliphatic carbocycles. The van der Waals surface area contributed by atoms with Crippen molar-refractivity contribution in [2.75, 3.05) is 6.54 Å². The van der Waals surface area contributed by atoms with Crippen molar-refractivity contribution < 1.29 is 18.7 Å². The van der Waals surface area contributed by atoms with Crippen LogP contribution in [-0.4, -0.2) is 37.9 Å². The Kier molecular flexibility index (Phi) is 3.73. The van der Waals surface area contributed by atoms with Gasteiger partial charge in [-0.2, -0.15) is 0 Å². The number of fused-ring (bicyclic) bond motifs is 1. The van der Waals surface area contributed by atoms with Crippen molar-refractivity contribution in [3.05, 3.63) is 71.7 Å². The Morgan fingerprint density at radius 2 is 2.08 bits per heavy atom. The zero-order valence-electron chi connectivity index (χ0n) is 13.1. The Morgan fingerprint density at radius 1 is 1.24 bits per heavy atom. The molecule has 3 aromatic rings. The summed E-state index contributed by atoms with van der Waals surface area (Å²) in [6, 6.07) is 7.53. The summed E-state index contributed by atoms with van der Waals surface area (Å²) in [5.74, 6) is -1.55. The Bertz CT molecular complexity index is 956. The van der Waals surface area contributed by atoms with Gasteiger partial charge >= 0.3 is 0 Å². The van der Waals surface area contributed by atoms with E-state index in [1.807, 2.05) is 0 Å². The third-order valence-electron chi connectivity index (χ3n) is 4.50. The molecule has 1 aliphatic rings. The maximum Gasteiger partial charge on any atom is 0.271 e. The number of likely N-dealkylation sites (tertiary alicyclic amines) is 1. The Morgan fingerprint density at radius 3 is 2.92 bits per heavy atom. The van der Waals surface area contributed by atoms with Crippen LogP contribution >= 0.6 is 0 Å². The van der Waals surface area contributed by atoms with Crippen LogP contribution in [0.3, 0.4) is 0 Å². The van der Waals surface area contributed by atoms with Crippen molar-refractivity contribution in [3.63, 3.8) is 0 Å². The van der Waals surface area contributed by atoms with E-state index in [-0.39, 0.29) is 24.4 Å². The molecule has 2 aromatic heterocycles. The summed E-state index contributed by atoms with van der Waals surface area (Å²) in [5.41, 5.74) is 1.03. The highest BCUT2D eigenvalue weighted by atomic mass is 19.1. The third kappa shape index (κ3) is 2.66. The maximum atomic E-state index is 14.2. The van der Waals surface area contributed by atoms with Crippen molar-refractivity contribution in [1.29, 1.82) is 0 Å². The van der Waals surface area contributed by atoms with Crippen LogP contribution in [0.1, 0.15) is 28.5 Å². The van der Waals surface area contributed by atoms with Crippen LogP contribution < -0.4 is 0 Å². The molecule has 128 valence electrons. The number of aromatic nitrogens is 2. The monoisotopic (exact) mass is 343 g/mol. The van der Waals surface area contributed by atoms with Gasteiger partial charge in [-0.25, -0.2) is 13.8 Å². The summed E-state index contributed by atoms with van der Waals surface area (Å²) >= 11 is 0. The van der Waals surface area contributed by atoms with E-state index < -0.39 is 23.8 Å². The number of hydrogen-bond acceptors (Lipinski definition) is 3. The number of rotatable bonds is 2. The van der Waals surface area contributed by atoms with Crippen LogP contribution in [0.4, 0.5) is 8.78 Å². The van der Waals surface area contributed by atoms with Crippen molar-refractivity contribution in [2.24, 2.45) is 0 Å². The number of amides is 1. The zero-order valence-corrected chi connectivity index (χ0v) is 13.1. The number of aliphatic hydroxyl groups is 1. The number of aliphatic hydroxyl groups excluding tert-OH is 1. The highest BCUT2D eigenvalue weighted by Crippen LogP contribution is 2.35. The van der Waals surface area contributed by atoms with Gasteiger partial charge < -0.3 is 10.0 Å². The van der Waals surface area contributed by atoms with E-state index in [1.54, 1.807) is 35.0 Å². The minimum absolute atomic E-state index is 0.0601. The quantitative estimate of drug-likeness (QED) is 0.778. The van der Waals surface area contributed by atoms with Gasteiger partial charge in [0.05, 0.1) is 12.1 Å². The molecule has 25 heavy (non-hydrogen) atoms. The molecule has 1 saturated heterocycles. The number of hydrogen-bond donors (Lipinski definition) is 1. The topological polar surface area (TPSA) is 57.8 Å². The molecule has 0 spiro atoms. The number of nitrogens with zero attached hydrogens (tertiary/aromatic N) is 3. The van der Waals surface area contributed by atoms with Gasteiger partial charge in [0.1, 0.15) is 23.0 Å². The first-order valence-corrected chi connectivity index (χ1v) is 7.90. The second-order valence-corrected chi connectivity index (χ2v) is 6.10. The number of pyridine rings is 1. The second kappa shape index (κ2) is 5.93. The molecule has 1 fully saturated rings. The van der Waals surface area contributed by atoms with Gasteiger partial charge in [0.15, 0.2) is 0 Å². The molecular weight excluding hydrogens is 328 g/mol. The summed E-state index contributed by atoms with van der Waals surface area (Å²) in [7, 11) is 0. The molecule has 0 saturated carbocycles. The smallest absolute Gasteiger partial charge is 0.271 e. The summed E-state index contributed by atoms with van der Waals surface area (Å²) < 4.78 is 29.4. The first kappa shape index (κ1) is 15.7. The molecule has 4 rings (SSSR count). The molecule has 0 unspecified atom stereocenters. The fourth-order valence-corrected chi connectivity index (χ4v) is 3.37. The third-order valence-corrected chi connectivity index (χ3v) is 4.50. The summed E-state index contributed by atoms with van der Waals surface area (Å²) in [5, 5.41) is 10.0. The Labute approximate surface area is 142 Å². The molecule has 1 aromatic carbocycles. The molecule has 1 aliphatic heterocycles. The van der Waals surface area contributed by atoms with E-state index in [2.05, 4.69) is 4.98 Å². The van der Waals surface area contributed by atoms with Crippen molar-refractivity contribution in [2.45, 2.75) is 18.6 Å². The van der Waals surface area contributed by atoms with Crippen LogP contribution in [-0.2, 0) is 0 Å². The van der Waals surface area contributed by atoms with Crippen LogP contribution in [0.15, 0.2) is 48.8 Å². The molecule has 7 heteroatoms. The molecule has 0 radical (unpaired) electrons. The normalized spacial score (nSPS) is 20.4. The lowest BCUT2D eigenvalue weighted by atomic mass is 10.0. The first-order chi connectivity index (χ1) is 12.0. The fraction of sp³-hybridized carbons (Fsp3) is 0.222. The fourth-order valence-electron chi connectivity index (χ4n) is 3.37. The lowest BCUT2D eigenvalue weighted by Crippen LogP contribution is -2.33. The van der Waals surface area contributed by atoms with Gasteiger partial charge in [-0.05, 0) is 36.8 Å². The molecule has 5 nitrogen and oxygen atoms in total. The number of halogens is 2. The average Bonchev–Trinajstić information content (AvgIpc) is 3.22. The van der Waals surface area contributed by atoms with E-state index >= 15 is 0 Å².